The second kappa shape index (κ2) is 23.8. The first-order valence-corrected chi connectivity index (χ1v) is 30.0. The summed E-state index contributed by atoms with van der Waals surface area (Å²) in [5.41, 5.74) is -0.369. The molecule has 0 fully saturated rings. The highest BCUT2D eigenvalue weighted by molar-refractivity contribution is 6.85. The molecule has 0 heterocycles. The van der Waals surface area contributed by atoms with E-state index in [-0.39, 0.29) is 18.6 Å². The molecule has 0 aliphatic carbocycles. The number of aliphatic hydroxyl groups is 3. The quantitative estimate of drug-likeness (QED) is 0.0539. The van der Waals surface area contributed by atoms with Crippen molar-refractivity contribution in [1.82, 2.24) is 0 Å². The van der Waals surface area contributed by atoms with Crippen molar-refractivity contribution in [3.8, 4) is 0 Å². The van der Waals surface area contributed by atoms with E-state index in [1.807, 2.05) is 0 Å². The molecule has 0 aromatic heterocycles. The van der Waals surface area contributed by atoms with Gasteiger partial charge in [-0.25, -0.2) is 0 Å². The zero-order chi connectivity index (χ0) is 34.5. The van der Waals surface area contributed by atoms with Gasteiger partial charge < -0.3 is 42.5 Å². The van der Waals surface area contributed by atoms with E-state index >= 15 is 0 Å². The van der Waals surface area contributed by atoms with Crippen LogP contribution in [-0.4, -0.2) is 121 Å². The Morgan fingerprint density at radius 2 is 0.911 bits per heavy atom. The Morgan fingerprint density at radius 3 is 1.24 bits per heavy atom. The van der Waals surface area contributed by atoms with E-state index in [1.54, 1.807) is 6.92 Å². The molecular weight excluding hydrogens is 641 g/mol. The summed E-state index contributed by atoms with van der Waals surface area (Å²) in [6.45, 7) is 27.3. The standard InChI is InChI=1S/C32H74O9Si4/c1-11-32(28-34,29-38-21-15-25-44(7,8)40-42(3,4)23-13-19-36-18-12-17-33)30-39-22-16-26-45(9,10)41-43(5,6)24-14-20-37-27-31(2)35/h31,33-35H,11-30H2,1-10H3. The zero-order valence-electron chi connectivity index (χ0n) is 31.0. The maximum absolute atomic E-state index is 10.2. The fraction of sp³-hybridized carbons (Fsp3) is 1.00. The van der Waals surface area contributed by atoms with Crippen LogP contribution >= 0.6 is 0 Å². The molecule has 9 nitrogen and oxygen atoms in total. The molecule has 0 saturated heterocycles. The lowest BCUT2D eigenvalue weighted by atomic mass is 9.88. The van der Waals surface area contributed by atoms with Gasteiger partial charge in [0.25, 0.3) is 0 Å². The Balaban J connectivity index is 4.37. The van der Waals surface area contributed by atoms with E-state index in [1.165, 1.54) is 0 Å². The van der Waals surface area contributed by atoms with Gasteiger partial charge in [-0.15, -0.1) is 0 Å². The molecule has 0 aliphatic heterocycles. The summed E-state index contributed by atoms with van der Waals surface area (Å²) in [6.07, 6.45) is 5.00. The molecule has 0 bridgehead atoms. The third-order valence-electron chi connectivity index (χ3n) is 8.08. The minimum absolute atomic E-state index is 0.0560. The van der Waals surface area contributed by atoms with Gasteiger partial charge in [0.1, 0.15) is 0 Å². The molecule has 45 heavy (non-hydrogen) atoms. The van der Waals surface area contributed by atoms with Crippen LogP contribution in [0, 0.1) is 5.41 Å². The molecule has 0 saturated carbocycles. The Labute approximate surface area is 281 Å². The summed E-state index contributed by atoms with van der Waals surface area (Å²) in [4.78, 5) is 0. The average Bonchev–Trinajstić information content (AvgIpc) is 2.91. The summed E-state index contributed by atoms with van der Waals surface area (Å²) in [7, 11) is -7.11. The second-order valence-electron chi connectivity index (χ2n) is 15.4. The Morgan fingerprint density at radius 1 is 0.556 bits per heavy atom. The second-order valence-corrected chi connectivity index (χ2v) is 33.1. The van der Waals surface area contributed by atoms with Gasteiger partial charge in [0, 0.05) is 45.1 Å². The summed E-state index contributed by atoms with van der Waals surface area (Å²) in [6, 6.07) is 4.26. The van der Waals surface area contributed by atoms with Crippen molar-refractivity contribution in [3.05, 3.63) is 0 Å². The van der Waals surface area contributed by atoms with Gasteiger partial charge in [-0.2, -0.15) is 0 Å². The molecule has 2 atom stereocenters. The molecule has 0 amide bonds. The highest BCUT2D eigenvalue weighted by atomic mass is 28.4. The molecule has 2 unspecified atom stereocenters. The number of aliphatic hydroxyl groups excluding tert-OH is 3. The van der Waals surface area contributed by atoms with Gasteiger partial charge in [0.15, 0.2) is 33.3 Å². The van der Waals surface area contributed by atoms with Gasteiger partial charge in [-0.3, -0.25) is 0 Å². The first-order valence-electron chi connectivity index (χ1n) is 17.5. The first kappa shape index (κ1) is 45.5. The van der Waals surface area contributed by atoms with E-state index in [4.69, 9.17) is 32.3 Å². The number of hydrogen-bond donors (Lipinski definition) is 3. The predicted molar refractivity (Wildman–Crippen MR) is 196 cm³/mol. The van der Waals surface area contributed by atoms with Crippen LogP contribution in [0.25, 0.3) is 0 Å². The van der Waals surface area contributed by atoms with Crippen LogP contribution in [0.5, 0.6) is 0 Å². The molecule has 0 spiro atoms. The highest BCUT2D eigenvalue weighted by Gasteiger charge is 2.34. The molecule has 272 valence electrons. The minimum atomic E-state index is -1.80. The molecule has 13 heteroatoms. The summed E-state index contributed by atoms with van der Waals surface area (Å²) in [5, 5.41) is 28.4. The van der Waals surface area contributed by atoms with E-state index in [0.29, 0.717) is 52.7 Å². The Hall–Kier alpha value is 0.508. The normalized spacial score (nSPS) is 15.4. The summed E-state index contributed by atoms with van der Waals surface area (Å²) < 4.78 is 36.8. The number of rotatable bonds is 31. The van der Waals surface area contributed by atoms with Crippen molar-refractivity contribution in [2.45, 2.75) is 135 Å². The zero-order valence-corrected chi connectivity index (χ0v) is 35.0. The van der Waals surface area contributed by atoms with E-state index in [2.05, 4.69) is 59.3 Å². The maximum Gasteiger partial charge on any atom is 0.173 e. The monoisotopic (exact) mass is 714 g/mol. The predicted octanol–water partition coefficient (Wildman–Crippen LogP) is 6.62. The summed E-state index contributed by atoms with van der Waals surface area (Å²) in [5.74, 6) is 0. The molecule has 3 N–H and O–H groups in total. The number of hydrogen-bond acceptors (Lipinski definition) is 9. The van der Waals surface area contributed by atoms with Crippen LogP contribution in [0.2, 0.25) is 76.6 Å². The van der Waals surface area contributed by atoms with Gasteiger partial charge in [0.05, 0.1) is 32.5 Å². The van der Waals surface area contributed by atoms with Crippen molar-refractivity contribution in [2.75, 3.05) is 66.1 Å². The largest absolute Gasteiger partial charge is 0.455 e. The first-order chi connectivity index (χ1) is 20.9. The topological polar surface area (TPSA) is 116 Å². The lowest BCUT2D eigenvalue weighted by molar-refractivity contribution is -0.0529. The van der Waals surface area contributed by atoms with Crippen molar-refractivity contribution in [1.29, 1.82) is 0 Å². The molecule has 0 aromatic carbocycles. The van der Waals surface area contributed by atoms with E-state index in [9.17, 15) is 10.2 Å². The lowest BCUT2D eigenvalue weighted by Crippen LogP contribution is -2.44. The van der Waals surface area contributed by atoms with Crippen LogP contribution in [0.3, 0.4) is 0 Å². The van der Waals surface area contributed by atoms with Crippen molar-refractivity contribution >= 4 is 33.3 Å². The third-order valence-corrected chi connectivity index (χ3v) is 23.2. The lowest BCUT2D eigenvalue weighted by Gasteiger charge is -2.34. The van der Waals surface area contributed by atoms with Crippen molar-refractivity contribution < 1.29 is 42.5 Å². The van der Waals surface area contributed by atoms with Crippen LogP contribution in [0.4, 0.5) is 0 Å². The summed E-state index contributed by atoms with van der Waals surface area (Å²) >= 11 is 0. The Bertz CT molecular complexity index is 721. The smallest absolute Gasteiger partial charge is 0.173 e. The Kier molecular flexibility index (Phi) is 24.1. The molecule has 0 rings (SSSR count). The van der Waals surface area contributed by atoms with Crippen molar-refractivity contribution in [3.63, 3.8) is 0 Å². The SMILES string of the molecule is CCC(CO)(COCCC[Si](C)(C)O[Si](C)(C)CCCOCCCO)COCCC[Si](C)(C)O[Si](C)(C)CCCOCC(C)O. The minimum Gasteiger partial charge on any atom is -0.455 e. The maximum atomic E-state index is 10.2. The van der Waals surface area contributed by atoms with Crippen LogP contribution in [-0.2, 0) is 27.2 Å². The van der Waals surface area contributed by atoms with E-state index in [0.717, 1.165) is 62.9 Å². The van der Waals surface area contributed by atoms with Gasteiger partial charge >= 0.3 is 0 Å². The van der Waals surface area contributed by atoms with E-state index < -0.39 is 39.4 Å². The molecule has 0 radical (unpaired) electrons. The highest BCUT2D eigenvalue weighted by Crippen LogP contribution is 2.27. The number of ether oxygens (including phenoxy) is 4. The molecular formula is C32H74O9Si4. The van der Waals surface area contributed by atoms with Crippen molar-refractivity contribution in [2.24, 2.45) is 5.41 Å². The van der Waals surface area contributed by atoms with Gasteiger partial charge in [0.2, 0.25) is 0 Å². The van der Waals surface area contributed by atoms with Gasteiger partial charge in [-0.1, -0.05) is 6.92 Å². The molecule has 0 aliphatic rings. The fourth-order valence-corrected chi connectivity index (χ4v) is 23.2. The average molecular weight is 715 g/mol. The van der Waals surface area contributed by atoms with Crippen LogP contribution in [0.1, 0.15) is 52.4 Å². The third kappa shape index (κ3) is 25.2. The van der Waals surface area contributed by atoms with Gasteiger partial charge in [-0.05, 0) is 122 Å². The van der Waals surface area contributed by atoms with Crippen LogP contribution < -0.4 is 0 Å². The van der Waals surface area contributed by atoms with Crippen LogP contribution in [0.15, 0.2) is 0 Å². The fourth-order valence-electron chi connectivity index (χ4n) is 5.65. The molecule has 0 aromatic rings.